The highest BCUT2D eigenvalue weighted by Crippen LogP contribution is 2.17. The molecule has 18 heavy (non-hydrogen) atoms. The average Bonchev–Trinajstić information content (AvgIpc) is 2.37. The molecule has 0 atom stereocenters. The summed E-state index contributed by atoms with van der Waals surface area (Å²) in [5.74, 6) is 0. The van der Waals surface area contributed by atoms with Gasteiger partial charge in [0, 0.05) is 0 Å². The fourth-order valence-corrected chi connectivity index (χ4v) is 2.80. The Bertz CT molecular complexity index is 525. The lowest BCUT2D eigenvalue weighted by atomic mass is 10.3. The van der Waals surface area contributed by atoms with Gasteiger partial charge in [0.05, 0.1) is 19.4 Å². The van der Waals surface area contributed by atoms with E-state index in [9.17, 15) is 0 Å². The van der Waals surface area contributed by atoms with Crippen molar-refractivity contribution in [2.75, 3.05) is 0 Å². The van der Waals surface area contributed by atoms with Gasteiger partial charge in [0.15, 0.2) is 0 Å². The van der Waals surface area contributed by atoms with E-state index in [-0.39, 0.29) is 0 Å². The first kappa shape index (κ1) is 12.7. The standard InChI is InChI=1S/C15H18N2Si/c1-18(2,3)15-11-9-14(10-12-15)17-16-13-7-5-4-6-8-13/h4-12H,1-3H3. The van der Waals surface area contributed by atoms with Gasteiger partial charge in [-0.3, -0.25) is 0 Å². The minimum atomic E-state index is -1.22. The quantitative estimate of drug-likeness (QED) is 0.563. The first-order valence-electron chi connectivity index (χ1n) is 6.13. The Balaban J connectivity index is 2.14. The fourth-order valence-electron chi connectivity index (χ4n) is 1.64. The number of azo groups is 1. The first-order chi connectivity index (χ1) is 8.55. The lowest BCUT2D eigenvalue weighted by Crippen LogP contribution is -2.37. The minimum absolute atomic E-state index is 0.881. The van der Waals surface area contributed by atoms with Crippen molar-refractivity contribution in [3.05, 3.63) is 54.6 Å². The molecule has 92 valence electrons. The summed E-state index contributed by atoms with van der Waals surface area (Å²) in [5.41, 5.74) is 1.78. The van der Waals surface area contributed by atoms with Gasteiger partial charge in [-0.2, -0.15) is 10.2 Å². The highest BCUT2D eigenvalue weighted by Gasteiger charge is 2.15. The lowest BCUT2D eigenvalue weighted by molar-refractivity contribution is 1.23. The molecule has 0 amide bonds. The maximum absolute atomic E-state index is 4.24. The third-order valence-corrected chi connectivity index (χ3v) is 4.84. The second-order valence-electron chi connectivity index (χ2n) is 5.33. The van der Waals surface area contributed by atoms with E-state index in [0.29, 0.717) is 0 Å². The van der Waals surface area contributed by atoms with Crippen LogP contribution in [0.4, 0.5) is 11.4 Å². The molecule has 2 nitrogen and oxygen atoms in total. The largest absolute Gasteiger partial charge is 0.151 e. The van der Waals surface area contributed by atoms with Crippen LogP contribution in [0.3, 0.4) is 0 Å². The Morgan fingerprint density at radius 2 is 1.17 bits per heavy atom. The molecule has 0 aromatic heterocycles. The summed E-state index contributed by atoms with van der Waals surface area (Å²) in [4.78, 5) is 0. The molecule has 0 bridgehead atoms. The number of hydrogen-bond donors (Lipinski definition) is 0. The van der Waals surface area contributed by atoms with Crippen LogP contribution in [-0.4, -0.2) is 8.07 Å². The molecule has 0 aliphatic heterocycles. The van der Waals surface area contributed by atoms with Crippen molar-refractivity contribution in [2.24, 2.45) is 10.2 Å². The van der Waals surface area contributed by atoms with Crippen LogP contribution in [-0.2, 0) is 0 Å². The highest BCUT2D eigenvalue weighted by atomic mass is 28.3. The second-order valence-corrected chi connectivity index (χ2v) is 10.4. The summed E-state index contributed by atoms with van der Waals surface area (Å²) < 4.78 is 0. The van der Waals surface area contributed by atoms with Crippen molar-refractivity contribution < 1.29 is 0 Å². The zero-order chi connectivity index (χ0) is 13.0. The van der Waals surface area contributed by atoms with E-state index in [4.69, 9.17) is 0 Å². The van der Waals surface area contributed by atoms with Crippen LogP contribution < -0.4 is 5.19 Å². The summed E-state index contributed by atoms with van der Waals surface area (Å²) >= 11 is 0. The molecule has 0 saturated carbocycles. The molecule has 0 radical (unpaired) electrons. The van der Waals surface area contributed by atoms with Crippen molar-refractivity contribution in [1.29, 1.82) is 0 Å². The third-order valence-electron chi connectivity index (χ3n) is 2.77. The summed E-state index contributed by atoms with van der Waals surface area (Å²) in [5, 5.41) is 9.89. The Morgan fingerprint density at radius 1 is 0.667 bits per heavy atom. The van der Waals surface area contributed by atoms with Gasteiger partial charge in [0.2, 0.25) is 0 Å². The number of hydrogen-bond acceptors (Lipinski definition) is 2. The lowest BCUT2D eigenvalue weighted by Gasteiger charge is -2.15. The van der Waals surface area contributed by atoms with E-state index in [1.807, 2.05) is 42.5 Å². The molecular formula is C15H18N2Si. The molecule has 0 heterocycles. The number of benzene rings is 2. The molecule has 2 rings (SSSR count). The molecule has 0 unspecified atom stereocenters. The van der Waals surface area contributed by atoms with Gasteiger partial charge in [-0.05, 0) is 24.3 Å². The van der Waals surface area contributed by atoms with Crippen LogP contribution in [0.15, 0.2) is 64.8 Å². The van der Waals surface area contributed by atoms with Crippen LogP contribution in [0.25, 0.3) is 0 Å². The topological polar surface area (TPSA) is 24.7 Å². The van der Waals surface area contributed by atoms with Crippen molar-refractivity contribution in [3.63, 3.8) is 0 Å². The van der Waals surface area contributed by atoms with Crippen LogP contribution in [0.2, 0.25) is 19.6 Å². The van der Waals surface area contributed by atoms with Crippen LogP contribution in [0.5, 0.6) is 0 Å². The summed E-state index contributed by atoms with van der Waals surface area (Å²) in [6.07, 6.45) is 0. The molecule has 0 saturated heterocycles. The molecule has 0 spiro atoms. The van der Waals surface area contributed by atoms with Gasteiger partial charge in [-0.1, -0.05) is 55.2 Å². The van der Waals surface area contributed by atoms with Gasteiger partial charge >= 0.3 is 0 Å². The predicted octanol–water partition coefficient (Wildman–Crippen LogP) is 4.65. The minimum Gasteiger partial charge on any atom is -0.151 e. The Labute approximate surface area is 109 Å². The number of nitrogens with zero attached hydrogens (tertiary/aromatic N) is 2. The normalized spacial score (nSPS) is 11.9. The van der Waals surface area contributed by atoms with Crippen molar-refractivity contribution in [3.8, 4) is 0 Å². The van der Waals surface area contributed by atoms with Crippen LogP contribution in [0.1, 0.15) is 0 Å². The zero-order valence-corrected chi connectivity index (χ0v) is 12.1. The van der Waals surface area contributed by atoms with Crippen LogP contribution in [0, 0.1) is 0 Å². The van der Waals surface area contributed by atoms with Crippen molar-refractivity contribution >= 4 is 24.6 Å². The molecule has 0 fully saturated rings. The Morgan fingerprint density at radius 3 is 1.67 bits per heavy atom. The fraction of sp³-hybridized carbons (Fsp3) is 0.200. The summed E-state index contributed by atoms with van der Waals surface area (Å²) in [6, 6.07) is 18.2. The highest BCUT2D eigenvalue weighted by molar-refractivity contribution is 6.88. The Kier molecular flexibility index (Phi) is 3.72. The molecule has 0 aliphatic carbocycles. The van der Waals surface area contributed by atoms with Gasteiger partial charge in [0.25, 0.3) is 0 Å². The Hall–Kier alpha value is -1.74. The number of rotatable bonds is 3. The first-order valence-corrected chi connectivity index (χ1v) is 9.63. The van der Waals surface area contributed by atoms with E-state index < -0.39 is 8.07 Å². The molecule has 3 heteroatoms. The van der Waals surface area contributed by atoms with Gasteiger partial charge in [0.1, 0.15) is 0 Å². The predicted molar refractivity (Wildman–Crippen MR) is 80.0 cm³/mol. The molecule has 0 N–H and O–H groups in total. The van der Waals surface area contributed by atoms with E-state index >= 15 is 0 Å². The van der Waals surface area contributed by atoms with E-state index in [1.54, 1.807) is 0 Å². The molecule has 2 aromatic carbocycles. The summed E-state index contributed by atoms with van der Waals surface area (Å²) in [6.45, 7) is 7.02. The smallest absolute Gasteiger partial charge is 0.0857 e. The third kappa shape index (κ3) is 3.37. The molecule has 2 aromatic rings. The van der Waals surface area contributed by atoms with Crippen LogP contribution >= 0.6 is 0 Å². The monoisotopic (exact) mass is 254 g/mol. The van der Waals surface area contributed by atoms with Gasteiger partial charge in [-0.25, -0.2) is 0 Å². The summed E-state index contributed by atoms with van der Waals surface area (Å²) in [7, 11) is -1.22. The van der Waals surface area contributed by atoms with Crippen molar-refractivity contribution in [1.82, 2.24) is 0 Å². The average molecular weight is 254 g/mol. The zero-order valence-electron chi connectivity index (χ0n) is 11.1. The maximum atomic E-state index is 4.24. The van der Waals surface area contributed by atoms with E-state index in [2.05, 4.69) is 42.0 Å². The molecular weight excluding hydrogens is 236 g/mol. The SMILES string of the molecule is C[Si](C)(C)c1ccc(N=Nc2ccccc2)cc1. The van der Waals surface area contributed by atoms with Crippen molar-refractivity contribution in [2.45, 2.75) is 19.6 Å². The second kappa shape index (κ2) is 5.27. The van der Waals surface area contributed by atoms with E-state index in [1.165, 1.54) is 5.19 Å². The van der Waals surface area contributed by atoms with Gasteiger partial charge in [-0.15, -0.1) is 0 Å². The maximum Gasteiger partial charge on any atom is 0.0857 e. The van der Waals surface area contributed by atoms with E-state index in [0.717, 1.165) is 11.4 Å². The molecule has 0 aliphatic rings. The van der Waals surface area contributed by atoms with Gasteiger partial charge < -0.3 is 0 Å².